The number of amides is 1. The fourth-order valence-electron chi connectivity index (χ4n) is 4.34. The molecule has 0 radical (unpaired) electrons. The smallest absolute Gasteiger partial charge is 0.253 e. The Labute approximate surface area is 193 Å². The molecule has 3 heterocycles. The van der Waals surface area contributed by atoms with Gasteiger partial charge < -0.3 is 14.2 Å². The molecular weight excluding hydrogens is 422 g/mol. The molecule has 0 spiro atoms. The molecule has 0 saturated carbocycles. The molecule has 4 rings (SSSR count). The van der Waals surface area contributed by atoms with E-state index in [0.29, 0.717) is 29.7 Å². The highest BCUT2D eigenvalue weighted by atomic mass is 32.2. The van der Waals surface area contributed by atoms with Crippen molar-refractivity contribution in [1.82, 2.24) is 19.7 Å². The lowest BCUT2D eigenvalue weighted by Crippen LogP contribution is -2.40. The van der Waals surface area contributed by atoms with Crippen LogP contribution in [0.25, 0.3) is 0 Å². The maximum atomic E-state index is 12.3. The number of rotatable bonds is 7. The van der Waals surface area contributed by atoms with Crippen molar-refractivity contribution in [3.05, 3.63) is 59.5 Å². The van der Waals surface area contributed by atoms with Gasteiger partial charge in [-0.05, 0) is 48.1 Å². The van der Waals surface area contributed by atoms with Gasteiger partial charge in [0.2, 0.25) is 5.95 Å². The molecule has 32 heavy (non-hydrogen) atoms. The van der Waals surface area contributed by atoms with Gasteiger partial charge in [0, 0.05) is 38.5 Å². The molecule has 1 saturated heterocycles. The van der Waals surface area contributed by atoms with Crippen molar-refractivity contribution in [2.45, 2.75) is 37.7 Å². The molecule has 2 unspecified atom stereocenters. The Hall–Kier alpha value is -2.74. The molecule has 2 atom stereocenters. The Morgan fingerprint density at radius 2 is 1.94 bits per heavy atom. The van der Waals surface area contributed by atoms with Gasteiger partial charge in [-0.2, -0.15) is 0 Å². The molecule has 1 amide bonds. The Kier molecular flexibility index (Phi) is 6.89. The number of thioether (sulfide) groups is 1. The first-order valence-corrected chi connectivity index (χ1v) is 12.0. The summed E-state index contributed by atoms with van der Waals surface area (Å²) in [5, 5.41) is 9.98. The van der Waals surface area contributed by atoms with Crippen LogP contribution in [0, 0.1) is 11.8 Å². The third kappa shape index (κ3) is 5.18. The summed E-state index contributed by atoms with van der Waals surface area (Å²) in [6, 6.07) is 11.7. The van der Waals surface area contributed by atoms with Crippen LogP contribution >= 0.6 is 11.8 Å². The minimum atomic E-state index is 0.00783. The van der Waals surface area contributed by atoms with Gasteiger partial charge in [-0.1, -0.05) is 37.7 Å². The van der Waals surface area contributed by atoms with Crippen molar-refractivity contribution >= 4 is 23.6 Å². The molecule has 8 heteroatoms. The van der Waals surface area contributed by atoms with Gasteiger partial charge in [0.25, 0.3) is 5.91 Å². The van der Waals surface area contributed by atoms with Gasteiger partial charge in [0.1, 0.15) is 5.76 Å². The Balaban J connectivity index is 1.56. The Bertz CT molecular complexity index is 1040. The molecular formula is C24H31N5O2S. The monoisotopic (exact) mass is 453 g/mol. The van der Waals surface area contributed by atoms with E-state index in [4.69, 9.17) is 4.42 Å². The third-order valence-corrected chi connectivity index (χ3v) is 6.73. The number of carbonyl (C=O) groups is 1. The normalized spacial score (nSPS) is 18.7. The van der Waals surface area contributed by atoms with Crippen molar-refractivity contribution in [1.29, 1.82) is 0 Å². The lowest BCUT2D eigenvalue weighted by Gasteiger charge is -2.35. The van der Waals surface area contributed by atoms with E-state index in [1.807, 2.05) is 36.4 Å². The summed E-state index contributed by atoms with van der Waals surface area (Å²) >= 11 is 1.63. The fraction of sp³-hybridized carbons (Fsp3) is 0.458. The third-order valence-electron chi connectivity index (χ3n) is 5.69. The van der Waals surface area contributed by atoms with Crippen LogP contribution in [-0.4, -0.2) is 52.8 Å². The molecule has 0 bridgehead atoms. The summed E-state index contributed by atoms with van der Waals surface area (Å²) in [5.41, 5.74) is 1.78. The number of hydrogen-bond donors (Lipinski definition) is 0. The van der Waals surface area contributed by atoms with Gasteiger partial charge in [-0.3, -0.25) is 9.36 Å². The minimum Gasteiger partial charge on any atom is -0.467 e. The maximum Gasteiger partial charge on any atom is 0.253 e. The first kappa shape index (κ1) is 22.5. The first-order chi connectivity index (χ1) is 15.4. The lowest BCUT2D eigenvalue weighted by atomic mass is 9.92. The number of anilines is 1. The average molecular weight is 454 g/mol. The van der Waals surface area contributed by atoms with Crippen molar-refractivity contribution < 1.29 is 9.21 Å². The SMILES string of the molecule is CC1CC(C)CN(c2nnc(SCc3cccc(C(=O)N(C)C)c3)n2Cc2ccco2)C1. The molecule has 1 aliphatic heterocycles. The van der Waals surface area contributed by atoms with Crippen molar-refractivity contribution in [3.8, 4) is 0 Å². The highest BCUT2D eigenvalue weighted by molar-refractivity contribution is 7.98. The molecule has 3 aromatic rings. The number of piperidine rings is 1. The number of nitrogens with zero attached hydrogens (tertiary/aromatic N) is 5. The second kappa shape index (κ2) is 9.81. The van der Waals surface area contributed by atoms with E-state index in [0.717, 1.165) is 35.5 Å². The molecule has 170 valence electrons. The highest BCUT2D eigenvalue weighted by Gasteiger charge is 2.27. The van der Waals surface area contributed by atoms with Gasteiger partial charge in [0.05, 0.1) is 12.8 Å². The largest absolute Gasteiger partial charge is 0.467 e. The molecule has 7 nitrogen and oxygen atoms in total. The highest BCUT2D eigenvalue weighted by Crippen LogP contribution is 2.30. The van der Waals surface area contributed by atoms with Crippen LogP contribution in [0.15, 0.2) is 52.2 Å². The molecule has 1 aliphatic rings. The summed E-state index contributed by atoms with van der Waals surface area (Å²) in [6.07, 6.45) is 2.94. The predicted molar refractivity (Wildman–Crippen MR) is 127 cm³/mol. The van der Waals surface area contributed by atoms with E-state index in [1.165, 1.54) is 6.42 Å². The average Bonchev–Trinajstić information content (AvgIpc) is 3.41. The lowest BCUT2D eigenvalue weighted by molar-refractivity contribution is 0.0827. The van der Waals surface area contributed by atoms with E-state index in [9.17, 15) is 4.79 Å². The Morgan fingerprint density at radius 1 is 1.16 bits per heavy atom. The number of carbonyl (C=O) groups excluding carboxylic acids is 1. The van der Waals surface area contributed by atoms with Gasteiger partial charge in [-0.25, -0.2) is 0 Å². The van der Waals surface area contributed by atoms with Crippen LogP contribution < -0.4 is 4.90 Å². The summed E-state index contributed by atoms with van der Waals surface area (Å²) in [6.45, 7) is 7.16. The van der Waals surface area contributed by atoms with Crippen molar-refractivity contribution in [2.24, 2.45) is 11.8 Å². The van der Waals surface area contributed by atoms with E-state index in [1.54, 1.807) is 37.0 Å². The molecule has 0 N–H and O–H groups in total. The number of aromatic nitrogens is 3. The molecule has 1 aromatic carbocycles. The van der Waals surface area contributed by atoms with E-state index < -0.39 is 0 Å². The number of benzene rings is 1. The van der Waals surface area contributed by atoms with Crippen molar-refractivity contribution in [2.75, 3.05) is 32.1 Å². The molecule has 0 aliphatic carbocycles. The second-order valence-electron chi connectivity index (χ2n) is 8.99. The summed E-state index contributed by atoms with van der Waals surface area (Å²) in [4.78, 5) is 16.3. The number of hydrogen-bond acceptors (Lipinski definition) is 6. The first-order valence-electron chi connectivity index (χ1n) is 11.0. The summed E-state index contributed by atoms with van der Waals surface area (Å²) in [5.74, 6) is 3.75. The van der Waals surface area contributed by atoms with Crippen molar-refractivity contribution in [3.63, 3.8) is 0 Å². The van der Waals surface area contributed by atoms with Crippen LogP contribution in [0.5, 0.6) is 0 Å². The van der Waals surface area contributed by atoms with Gasteiger partial charge >= 0.3 is 0 Å². The topological polar surface area (TPSA) is 67.4 Å². The standard InChI is InChI=1S/C24H31N5O2S/c1-17-11-18(2)14-28(13-17)23-25-26-24(29(23)15-21-9-6-10-31-21)32-16-19-7-5-8-20(12-19)22(30)27(3)4/h5-10,12,17-18H,11,13-16H2,1-4H3. The predicted octanol–water partition coefficient (Wildman–Crippen LogP) is 4.40. The van der Waals surface area contributed by atoms with Gasteiger partial charge in [-0.15, -0.1) is 10.2 Å². The molecule has 1 fully saturated rings. The second-order valence-corrected chi connectivity index (χ2v) is 9.93. The van der Waals surface area contributed by atoms with Crippen LogP contribution in [0.4, 0.5) is 5.95 Å². The van der Waals surface area contributed by atoms with Crippen LogP contribution in [0.3, 0.4) is 0 Å². The van der Waals surface area contributed by atoms with E-state index in [-0.39, 0.29) is 5.91 Å². The Morgan fingerprint density at radius 3 is 2.62 bits per heavy atom. The zero-order chi connectivity index (χ0) is 22.7. The van der Waals surface area contributed by atoms with Crippen LogP contribution in [0.2, 0.25) is 0 Å². The number of furan rings is 1. The van der Waals surface area contributed by atoms with E-state index in [2.05, 4.69) is 33.5 Å². The maximum absolute atomic E-state index is 12.3. The zero-order valence-electron chi connectivity index (χ0n) is 19.2. The van der Waals surface area contributed by atoms with Crippen LogP contribution in [-0.2, 0) is 12.3 Å². The summed E-state index contributed by atoms with van der Waals surface area (Å²) < 4.78 is 7.78. The quantitative estimate of drug-likeness (QED) is 0.494. The van der Waals surface area contributed by atoms with Gasteiger partial charge in [0.15, 0.2) is 5.16 Å². The minimum absolute atomic E-state index is 0.00783. The fourth-order valence-corrected chi connectivity index (χ4v) is 5.22. The van der Waals surface area contributed by atoms with E-state index >= 15 is 0 Å². The molecule has 2 aromatic heterocycles. The van der Waals surface area contributed by atoms with Crippen LogP contribution in [0.1, 0.15) is 41.9 Å². The zero-order valence-corrected chi connectivity index (χ0v) is 20.0. The summed E-state index contributed by atoms with van der Waals surface area (Å²) in [7, 11) is 3.54.